The first-order valence-electron chi connectivity index (χ1n) is 12.3. The van der Waals surface area contributed by atoms with Crippen molar-refractivity contribution in [3.63, 3.8) is 0 Å². The van der Waals surface area contributed by atoms with Crippen LogP contribution < -0.4 is 16.2 Å². The molecule has 2 atom stereocenters. The van der Waals surface area contributed by atoms with E-state index >= 15 is 0 Å². The molecule has 0 bridgehead atoms. The average molecular weight is 507 g/mol. The van der Waals surface area contributed by atoms with E-state index in [1.807, 2.05) is 12.1 Å². The summed E-state index contributed by atoms with van der Waals surface area (Å²) in [7, 11) is 2.58. The molecule has 3 aromatic rings. The molecule has 1 aliphatic carbocycles. The normalized spacial score (nSPS) is 14.9. The lowest BCUT2D eigenvalue weighted by molar-refractivity contribution is 0.0510. The van der Waals surface area contributed by atoms with E-state index in [0.29, 0.717) is 24.0 Å². The molecule has 1 aromatic heterocycles. The highest BCUT2D eigenvalue weighted by Gasteiger charge is 2.42. The Morgan fingerprint density at radius 1 is 0.972 bits per heavy atom. The molecular formula is C27H31N4O4P. The van der Waals surface area contributed by atoms with Crippen LogP contribution in [0.2, 0.25) is 0 Å². The van der Waals surface area contributed by atoms with Crippen molar-refractivity contribution in [2.24, 2.45) is 0 Å². The van der Waals surface area contributed by atoms with Crippen LogP contribution in [0, 0.1) is 0 Å². The largest absolute Gasteiger partial charge is 0.506 e. The molecule has 36 heavy (non-hydrogen) atoms. The first kappa shape index (κ1) is 25.9. The second-order valence-corrected chi connectivity index (χ2v) is 9.60. The number of nitrogens with zero attached hydrogens (tertiary/aromatic N) is 2. The number of Topliss-reactive ketones (excluding diaryl/α,β-unsaturated/α-hetero) is 2. The maximum Gasteiger partial charge on any atom is 0.282 e. The number of rotatable bonds is 10. The molecule has 2 aromatic carbocycles. The summed E-state index contributed by atoms with van der Waals surface area (Å²) in [5, 5.41) is 13.6. The Labute approximate surface area is 212 Å². The van der Waals surface area contributed by atoms with Gasteiger partial charge in [0.15, 0.2) is 11.6 Å². The van der Waals surface area contributed by atoms with Gasteiger partial charge in [-0.05, 0) is 54.5 Å². The van der Waals surface area contributed by atoms with Crippen LogP contribution in [-0.4, -0.2) is 45.8 Å². The summed E-state index contributed by atoms with van der Waals surface area (Å²) >= 11 is 0. The molecule has 0 saturated heterocycles. The van der Waals surface area contributed by atoms with Crippen LogP contribution in [0.25, 0.3) is 10.9 Å². The fourth-order valence-electron chi connectivity index (χ4n) is 4.25. The van der Waals surface area contributed by atoms with Crippen LogP contribution in [0.4, 0.5) is 0 Å². The highest BCUT2D eigenvalue weighted by atomic mass is 31.0. The minimum atomic E-state index is -1.24. The second-order valence-electron chi connectivity index (χ2n) is 8.93. The van der Waals surface area contributed by atoms with E-state index < -0.39 is 17.5 Å². The number of hydrogen-bond acceptors (Lipinski definition) is 7. The van der Waals surface area contributed by atoms with Crippen molar-refractivity contribution in [1.29, 1.82) is 0 Å². The maximum atomic E-state index is 13.4. The van der Waals surface area contributed by atoms with Crippen LogP contribution in [0.15, 0.2) is 42.5 Å². The Bertz CT molecular complexity index is 1320. The zero-order valence-electron chi connectivity index (χ0n) is 20.5. The van der Waals surface area contributed by atoms with Crippen LogP contribution >= 0.6 is 9.24 Å². The molecule has 0 aliphatic heterocycles. The van der Waals surface area contributed by atoms with Gasteiger partial charge >= 0.3 is 0 Å². The molecule has 9 heteroatoms. The van der Waals surface area contributed by atoms with Crippen molar-refractivity contribution >= 4 is 42.9 Å². The number of hydrogen-bond donors (Lipinski definition) is 3. The summed E-state index contributed by atoms with van der Waals surface area (Å²) in [6, 6.07) is 11.5. The Morgan fingerprint density at radius 3 is 2.31 bits per heavy atom. The maximum absolute atomic E-state index is 13.4. The number of pyridine rings is 1. The first-order valence-corrected chi connectivity index (χ1v) is 12.9. The van der Waals surface area contributed by atoms with Crippen LogP contribution in [-0.2, 0) is 0 Å². The van der Waals surface area contributed by atoms with Gasteiger partial charge in [-0.3, -0.25) is 14.4 Å². The summed E-state index contributed by atoms with van der Waals surface area (Å²) in [5.41, 5.74) is 7.50. The molecule has 0 spiro atoms. The molecule has 0 saturated carbocycles. The number of ketones is 2. The lowest BCUT2D eigenvalue weighted by Crippen LogP contribution is -2.52. The second kappa shape index (κ2) is 11.2. The molecule has 1 amide bonds. The Hall–Kier alpha value is -3.19. The lowest BCUT2D eigenvalue weighted by Gasteiger charge is -2.24. The summed E-state index contributed by atoms with van der Waals surface area (Å²) in [5.74, 6) is -2.70. The molecule has 0 fully saturated rings. The molecule has 2 unspecified atom stereocenters. The predicted octanol–water partition coefficient (Wildman–Crippen LogP) is 3.66. The Kier molecular flexibility index (Phi) is 8.09. The zero-order valence-corrected chi connectivity index (χ0v) is 21.7. The number of carbonyl (C=O) groups excluding carboxylic acids is 3. The smallest absolute Gasteiger partial charge is 0.282 e. The van der Waals surface area contributed by atoms with Crippen LogP contribution in [0.3, 0.4) is 0 Å². The van der Waals surface area contributed by atoms with E-state index in [4.69, 9.17) is 0 Å². The molecule has 1 heterocycles. The van der Waals surface area contributed by atoms with E-state index in [1.165, 1.54) is 23.3 Å². The van der Waals surface area contributed by atoms with E-state index in [0.717, 1.165) is 31.0 Å². The SMILES string of the molecule is CCCCNN(NCCCC)C(=O)c1ccc2c(c1)C(=O)C(c1nc3ccc(P)cc3cc1O)C2=O. The number of hydrazine groups is 2. The van der Waals surface area contributed by atoms with Crippen molar-refractivity contribution < 1.29 is 19.5 Å². The van der Waals surface area contributed by atoms with E-state index in [-0.39, 0.29) is 34.0 Å². The predicted molar refractivity (Wildman–Crippen MR) is 143 cm³/mol. The van der Waals surface area contributed by atoms with Gasteiger partial charge in [0.1, 0.15) is 17.4 Å². The van der Waals surface area contributed by atoms with Gasteiger partial charge < -0.3 is 5.11 Å². The minimum Gasteiger partial charge on any atom is -0.506 e. The Morgan fingerprint density at radius 2 is 1.64 bits per heavy atom. The van der Waals surface area contributed by atoms with Crippen molar-refractivity contribution in [1.82, 2.24) is 21.0 Å². The first-order chi connectivity index (χ1) is 17.3. The lowest BCUT2D eigenvalue weighted by atomic mass is 9.97. The summed E-state index contributed by atoms with van der Waals surface area (Å²) in [6.07, 6.45) is 3.77. The molecule has 188 valence electrons. The fraction of sp³-hybridized carbons (Fsp3) is 0.333. The highest BCUT2D eigenvalue weighted by Crippen LogP contribution is 2.38. The van der Waals surface area contributed by atoms with E-state index in [9.17, 15) is 19.5 Å². The average Bonchev–Trinajstić information content (AvgIpc) is 3.11. The summed E-state index contributed by atoms with van der Waals surface area (Å²) in [4.78, 5) is 44.3. The number of aromatic hydroxyl groups is 1. The van der Waals surface area contributed by atoms with Gasteiger partial charge in [-0.25, -0.2) is 21.0 Å². The highest BCUT2D eigenvalue weighted by molar-refractivity contribution is 7.27. The molecule has 3 N–H and O–H groups in total. The third-order valence-corrected chi connectivity index (χ3v) is 6.61. The monoisotopic (exact) mass is 506 g/mol. The number of nitrogens with one attached hydrogen (secondary N) is 2. The van der Waals surface area contributed by atoms with Gasteiger partial charge in [-0.2, -0.15) is 0 Å². The number of aromatic nitrogens is 1. The molecule has 0 radical (unpaired) electrons. The number of carbonyl (C=O) groups is 3. The molecular weight excluding hydrogens is 475 g/mol. The number of unbranched alkanes of at least 4 members (excludes halogenated alkanes) is 2. The van der Waals surface area contributed by atoms with Crippen LogP contribution in [0.5, 0.6) is 5.75 Å². The summed E-state index contributed by atoms with van der Waals surface area (Å²) in [6.45, 7) is 5.38. The van der Waals surface area contributed by atoms with Crippen molar-refractivity contribution in [2.45, 2.75) is 45.4 Å². The third-order valence-electron chi connectivity index (χ3n) is 6.25. The third kappa shape index (κ3) is 5.16. The molecule has 4 rings (SSSR count). The Balaban J connectivity index is 1.63. The van der Waals surface area contributed by atoms with E-state index in [2.05, 4.69) is 38.9 Å². The zero-order chi connectivity index (χ0) is 25.8. The minimum absolute atomic E-state index is 0.0298. The van der Waals surface area contributed by atoms with Crippen molar-refractivity contribution in [2.75, 3.05) is 13.1 Å². The summed E-state index contributed by atoms with van der Waals surface area (Å²) < 4.78 is 0. The number of fused-ring (bicyclic) bond motifs is 2. The molecule has 8 nitrogen and oxygen atoms in total. The number of amides is 1. The standard InChI is InChI=1S/C27H31N4O4P/c1-3-5-11-28-31(29-12-6-4-2)27(35)16-7-9-19-20(14-16)26(34)23(25(19)33)24-22(32)15-17-13-18(36)8-10-21(17)30-24/h7-10,13-15,23,28-29,32H,3-6,11-12,36H2,1-2H3. The van der Waals surface area contributed by atoms with Gasteiger partial charge in [-0.1, -0.05) is 32.8 Å². The van der Waals surface area contributed by atoms with Crippen molar-refractivity contribution in [3.05, 3.63) is 64.8 Å². The molecule has 1 aliphatic rings. The van der Waals surface area contributed by atoms with Gasteiger partial charge in [0.05, 0.1) is 5.52 Å². The fourth-order valence-corrected chi connectivity index (χ4v) is 4.53. The topological polar surface area (TPSA) is 112 Å². The van der Waals surface area contributed by atoms with Gasteiger partial charge in [0.25, 0.3) is 5.91 Å². The quantitative estimate of drug-likeness (QED) is 0.167. The van der Waals surface area contributed by atoms with Gasteiger partial charge in [-0.15, -0.1) is 9.24 Å². The van der Waals surface area contributed by atoms with Crippen molar-refractivity contribution in [3.8, 4) is 5.75 Å². The number of benzene rings is 2. The van der Waals surface area contributed by atoms with E-state index in [1.54, 1.807) is 12.1 Å². The van der Waals surface area contributed by atoms with Crippen LogP contribution in [0.1, 0.15) is 82.2 Å². The van der Waals surface area contributed by atoms with Gasteiger partial charge in [0.2, 0.25) is 0 Å². The van der Waals surface area contributed by atoms with Gasteiger partial charge in [0, 0.05) is 35.2 Å².